The van der Waals surface area contributed by atoms with E-state index in [0.717, 1.165) is 30.6 Å². The first-order valence-corrected chi connectivity index (χ1v) is 12.6. The second-order valence-corrected chi connectivity index (χ2v) is 11.5. The van der Waals surface area contributed by atoms with Crippen molar-refractivity contribution < 1.29 is 9.59 Å². The summed E-state index contributed by atoms with van der Waals surface area (Å²) in [4.78, 5) is 36.5. The third-order valence-electron chi connectivity index (χ3n) is 10.2. The molecule has 6 nitrogen and oxygen atoms in total. The van der Waals surface area contributed by atoms with Crippen molar-refractivity contribution in [3.8, 4) is 0 Å². The van der Waals surface area contributed by atoms with Gasteiger partial charge in [-0.2, -0.15) is 0 Å². The Hall–Kier alpha value is -2.50. The first-order chi connectivity index (χ1) is 15.8. The number of imidazole rings is 1. The highest BCUT2D eigenvalue weighted by Crippen LogP contribution is 2.67. The fourth-order valence-electron chi connectivity index (χ4n) is 8.64. The summed E-state index contributed by atoms with van der Waals surface area (Å²) in [7, 11) is 1.98. The lowest BCUT2D eigenvalue weighted by Gasteiger charge is -2.60. The van der Waals surface area contributed by atoms with E-state index in [1.165, 1.54) is 19.3 Å². The quantitative estimate of drug-likeness (QED) is 0.630. The molecule has 0 N–H and O–H groups in total. The van der Waals surface area contributed by atoms with Crippen LogP contribution in [0.25, 0.3) is 11.2 Å². The molecular weight excluding hydrogens is 412 g/mol. The summed E-state index contributed by atoms with van der Waals surface area (Å²) in [6, 6.07) is 4.17. The summed E-state index contributed by atoms with van der Waals surface area (Å²) in [5, 5.41) is 0. The zero-order chi connectivity index (χ0) is 23.1. The summed E-state index contributed by atoms with van der Waals surface area (Å²) >= 11 is 0. The van der Waals surface area contributed by atoms with Gasteiger partial charge in [-0.1, -0.05) is 19.9 Å². The monoisotopic (exact) mass is 446 g/mol. The number of aromatic nitrogens is 3. The van der Waals surface area contributed by atoms with E-state index in [0.29, 0.717) is 29.4 Å². The molecule has 0 spiro atoms. The SMILES string of the molecule is CC(=O)n1c([C@H]2CC[C@H]3[C@@H]4CC[C@H]5N(C)C(=O)C=C[C@]5(C)[C@H]4CC[C@]23C)nc2cccnc21. The predicted octanol–water partition coefficient (Wildman–Crippen LogP) is 4.81. The molecule has 0 unspecified atom stereocenters. The van der Waals surface area contributed by atoms with E-state index in [2.05, 4.69) is 24.9 Å². The minimum Gasteiger partial charge on any atom is -0.338 e. The first-order valence-electron chi connectivity index (χ1n) is 12.6. The van der Waals surface area contributed by atoms with Crippen LogP contribution in [0.5, 0.6) is 0 Å². The Bertz CT molecular complexity index is 1180. The fraction of sp³-hybridized carbons (Fsp3) is 0.630. The largest absolute Gasteiger partial charge is 0.338 e. The average molecular weight is 447 g/mol. The maximum Gasteiger partial charge on any atom is 0.246 e. The summed E-state index contributed by atoms with van der Waals surface area (Å²) < 4.78 is 1.78. The minimum absolute atomic E-state index is 0.00000225. The van der Waals surface area contributed by atoms with E-state index < -0.39 is 0 Å². The van der Waals surface area contributed by atoms with Gasteiger partial charge in [0, 0.05) is 37.5 Å². The molecular formula is C27H34N4O2. The number of rotatable bonds is 1. The van der Waals surface area contributed by atoms with Crippen molar-refractivity contribution in [1.82, 2.24) is 19.4 Å². The second kappa shape index (κ2) is 7.00. The Labute approximate surface area is 195 Å². The molecule has 2 aromatic heterocycles. The Morgan fingerprint density at radius 2 is 1.94 bits per heavy atom. The van der Waals surface area contributed by atoms with Gasteiger partial charge in [0.15, 0.2) is 5.65 Å². The van der Waals surface area contributed by atoms with Crippen molar-refractivity contribution in [2.45, 2.75) is 71.3 Å². The van der Waals surface area contributed by atoms with Crippen molar-refractivity contribution >= 4 is 23.0 Å². The molecule has 6 heteroatoms. The van der Waals surface area contributed by atoms with Crippen LogP contribution >= 0.6 is 0 Å². The number of nitrogens with zero attached hydrogens (tertiary/aromatic N) is 4. The number of carbonyl (C=O) groups is 2. The van der Waals surface area contributed by atoms with Crippen LogP contribution in [-0.4, -0.2) is 44.3 Å². The molecule has 0 bridgehead atoms. The molecule has 7 atom stereocenters. The highest BCUT2D eigenvalue weighted by molar-refractivity contribution is 5.89. The minimum atomic E-state index is 0.00000225. The van der Waals surface area contributed by atoms with Gasteiger partial charge in [0.1, 0.15) is 11.3 Å². The Morgan fingerprint density at radius 1 is 1.12 bits per heavy atom. The highest BCUT2D eigenvalue weighted by atomic mass is 16.2. The third kappa shape index (κ3) is 2.72. The number of fused-ring (bicyclic) bond motifs is 6. The summed E-state index contributed by atoms with van der Waals surface area (Å²) in [6.45, 7) is 6.48. The van der Waals surface area contributed by atoms with Gasteiger partial charge < -0.3 is 4.90 Å². The van der Waals surface area contributed by atoms with Crippen molar-refractivity contribution in [2.24, 2.45) is 28.6 Å². The van der Waals surface area contributed by atoms with Gasteiger partial charge in [-0.05, 0) is 79.9 Å². The van der Waals surface area contributed by atoms with Crippen LogP contribution in [0.4, 0.5) is 0 Å². The van der Waals surface area contributed by atoms with Gasteiger partial charge in [0.05, 0.1) is 0 Å². The lowest BCUT2D eigenvalue weighted by molar-refractivity contribution is -0.138. The van der Waals surface area contributed by atoms with Gasteiger partial charge in [-0.3, -0.25) is 9.59 Å². The molecule has 2 aromatic rings. The number of amides is 1. The van der Waals surface area contributed by atoms with Crippen LogP contribution < -0.4 is 0 Å². The molecule has 6 rings (SSSR count). The Balaban J connectivity index is 1.38. The standard InChI is InChI=1S/C27H34N4O2/c1-16(32)31-24(29-21-6-5-15-28-25(21)31)20-9-8-18-17-7-10-22-27(3,14-12-23(33)30(22)4)19(17)11-13-26(18,20)2/h5-6,12,14-15,17-20,22H,7-11,13H2,1-4H3/t17-,18-,19-,20+,22+,26-,27+/m0/s1. The molecule has 1 amide bonds. The van der Waals surface area contributed by atoms with Crippen molar-refractivity contribution in [2.75, 3.05) is 7.05 Å². The third-order valence-corrected chi connectivity index (χ3v) is 10.2. The molecule has 3 heterocycles. The summed E-state index contributed by atoms with van der Waals surface area (Å²) in [5.41, 5.74) is 1.70. The molecule has 4 aliphatic rings. The molecule has 3 fully saturated rings. The zero-order valence-electron chi connectivity index (χ0n) is 20.1. The molecule has 0 aromatic carbocycles. The van der Waals surface area contributed by atoms with Crippen molar-refractivity contribution in [1.29, 1.82) is 0 Å². The van der Waals surface area contributed by atoms with Crippen molar-refractivity contribution in [3.05, 3.63) is 36.3 Å². The molecule has 0 radical (unpaired) electrons. The number of hydrogen-bond donors (Lipinski definition) is 0. The highest BCUT2D eigenvalue weighted by Gasteiger charge is 2.61. The van der Waals surface area contributed by atoms with E-state index in [1.807, 2.05) is 30.2 Å². The van der Waals surface area contributed by atoms with E-state index in [-0.39, 0.29) is 28.6 Å². The smallest absolute Gasteiger partial charge is 0.246 e. The Morgan fingerprint density at radius 3 is 2.73 bits per heavy atom. The zero-order valence-corrected chi connectivity index (χ0v) is 20.1. The van der Waals surface area contributed by atoms with Crippen LogP contribution in [0.1, 0.15) is 75.8 Å². The maximum atomic E-state index is 12.7. The first kappa shape index (κ1) is 21.1. The van der Waals surface area contributed by atoms with Crippen LogP contribution in [-0.2, 0) is 4.79 Å². The number of hydrogen-bond acceptors (Lipinski definition) is 4. The van der Waals surface area contributed by atoms with Crippen LogP contribution in [0.15, 0.2) is 30.5 Å². The van der Waals surface area contributed by atoms with Gasteiger partial charge in [0.25, 0.3) is 0 Å². The molecule has 33 heavy (non-hydrogen) atoms. The fourth-order valence-corrected chi connectivity index (χ4v) is 8.64. The van der Waals surface area contributed by atoms with Crippen LogP contribution in [0, 0.1) is 28.6 Å². The molecule has 3 saturated carbocycles. The maximum absolute atomic E-state index is 12.7. The topological polar surface area (TPSA) is 68.1 Å². The van der Waals surface area contributed by atoms with Crippen LogP contribution in [0.2, 0.25) is 0 Å². The van der Waals surface area contributed by atoms with E-state index in [4.69, 9.17) is 4.98 Å². The molecule has 0 saturated heterocycles. The van der Waals surface area contributed by atoms with Crippen molar-refractivity contribution in [3.63, 3.8) is 0 Å². The van der Waals surface area contributed by atoms with Crippen LogP contribution in [0.3, 0.4) is 0 Å². The normalized spacial score (nSPS) is 39.9. The number of pyridine rings is 1. The van der Waals surface area contributed by atoms with Gasteiger partial charge in [-0.25, -0.2) is 14.5 Å². The molecule has 1 aliphatic heterocycles. The number of carbonyl (C=O) groups excluding carboxylic acids is 2. The van der Waals surface area contributed by atoms with E-state index in [1.54, 1.807) is 17.7 Å². The van der Waals surface area contributed by atoms with E-state index in [9.17, 15) is 9.59 Å². The lowest BCUT2D eigenvalue weighted by atomic mass is 9.47. The second-order valence-electron chi connectivity index (χ2n) is 11.5. The van der Waals surface area contributed by atoms with E-state index >= 15 is 0 Å². The predicted molar refractivity (Wildman–Crippen MR) is 127 cm³/mol. The number of likely N-dealkylation sites (N-methyl/N-ethyl adjacent to an activating group) is 1. The summed E-state index contributed by atoms with van der Waals surface area (Å²) in [6.07, 6.45) is 12.7. The van der Waals surface area contributed by atoms with Gasteiger partial charge in [-0.15, -0.1) is 0 Å². The van der Waals surface area contributed by atoms with Gasteiger partial charge in [0.2, 0.25) is 11.8 Å². The summed E-state index contributed by atoms with van der Waals surface area (Å²) in [5.74, 6) is 3.24. The molecule has 174 valence electrons. The Kier molecular flexibility index (Phi) is 4.47. The lowest BCUT2D eigenvalue weighted by Crippen LogP contribution is -2.59. The average Bonchev–Trinajstić information content (AvgIpc) is 3.34. The van der Waals surface area contributed by atoms with Gasteiger partial charge >= 0.3 is 0 Å². The molecule has 3 aliphatic carbocycles.